The van der Waals surface area contributed by atoms with E-state index in [1.807, 2.05) is 0 Å². The Labute approximate surface area is 222 Å². The largest absolute Gasteiger partial charge is 0.308 e. The lowest BCUT2D eigenvalue weighted by Crippen LogP contribution is -2.23. The Hall–Kier alpha value is -4.62. The molecule has 1 heteroatoms. The molecule has 1 heterocycles. The number of hydrogen-bond donors (Lipinski definition) is 0. The molecule has 0 aliphatic heterocycles. The van der Waals surface area contributed by atoms with Crippen LogP contribution in [-0.2, 0) is 5.41 Å². The number of hydrogen-bond acceptors (Lipinski definition) is 0. The molecular formula is C37H27N. The van der Waals surface area contributed by atoms with Gasteiger partial charge in [0, 0.05) is 27.3 Å². The SMILES string of the molecule is CC1(C)c2ccccc2-c2c3c1cccc3cc1c3ccccc3n(-c3ccccc3-c3ccccc3)c21. The number of nitrogens with zero attached hydrogens (tertiary/aromatic N) is 1. The zero-order valence-corrected chi connectivity index (χ0v) is 21.6. The van der Waals surface area contributed by atoms with Crippen molar-refractivity contribution in [3.05, 3.63) is 139 Å². The summed E-state index contributed by atoms with van der Waals surface area (Å²) in [4.78, 5) is 0. The Kier molecular flexibility index (Phi) is 4.35. The fourth-order valence-corrected chi connectivity index (χ4v) is 6.86. The molecule has 7 aromatic rings. The maximum atomic E-state index is 2.52. The van der Waals surface area contributed by atoms with Crippen molar-refractivity contribution in [2.24, 2.45) is 0 Å². The number of para-hydroxylation sites is 2. The standard InChI is InChI=1S/C37H27N/c1-37(2)30-19-9-6-18-28(30)35-34-25(15-12-20-31(34)37)23-29-27-17-8-11-22-33(27)38(36(29)35)32-21-10-7-16-26(32)24-13-4-3-5-14-24/h3-23H,1-2H3. The van der Waals surface area contributed by atoms with Crippen molar-refractivity contribution in [2.75, 3.05) is 0 Å². The van der Waals surface area contributed by atoms with Gasteiger partial charge in [-0.1, -0.05) is 123 Å². The maximum Gasteiger partial charge on any atom is 0.0626 e. The summed E-state index contributed by atoms with van der Waals surface area (Å²) in [7, 11) is 0. The quantitative estimate of drug-likeness (QED) is 0.230. The second kappa shape index (κ2) is 7.69. The van der Waals surface area contributed by atoms with Crippen LogP contribution in [0.4, 0.5) is 0 Å². The summed E-state index contributed by atoms with van der Waals surface area (Å²) in [5.41, 5.74) is 11.6. The van der Waals surface area contributed by atoms with Crippen LogP contribution < -0.4 is 0 Å². The van der Waals surface area contributed by atoms with Crippen LogP contribution in [0.3, 0.4) is 0 Å². The van der Waals surface area contributed by atoms with Gasteiger partial charge in [-0.05, 0) is 51.2 Å². The molecule has 1 aromatic heterocycles. The van der Waals surface area contributed by atoms with Gasteiger partial charge in [0.1, 0.15) is 0 Å². The van der Waals surface area contributed by atoms with Crippen molar-refractivity contribution in [3.63, 3.8) is 0 Å². The van der Waals surface area contributed by atoms with E-state index < -0.39 is 0 Å². The average Bonchev–Trinajstić information content (AvgIpc) is 3.29. The van der Waals surface area contributed by atoms with Crippen LogP contribution in [0.1, 0.15) is 25.0 Å². The van der Waals surface area contributed by atoms with Crippen LogP contribution in [0.5, 0.6) is 0 Å². The van der Waals surface area contributed by atoms with Crippen molar-refractivity contribution >= 4 is 32.6 Å². The summed E-state index contributed by atoms with van der Waals surface area (Å²) >= 11 is 0. The highest BCUT2D eigenvalue weighted by Gasteiger charge is 2.35. The first-order chi connectivity index (χ1) is 18.6. The molecule has 0 fully saturated rings. The van der Waals surface area contributed by atoms with Crippen LogP contribution in [0, 0.1) is 0 Å². The minimum Gasteiger partial charge on any atom is -0.308 e. The molecule has 0 N–H and O–H groups in total. The predicted molar refractivity (Wildman–Crippen MR) is 161 cm³/mol. The molecule has 1 aliphatic rings. The minimum absolute atomic E-state index is 0.0738. The summed E-state index contributed by atoms with van der Waals surface area (Å²) < 4.78 is 2.52. The Balaban J connectivity index is 1.64. The van der Waals surface area contributed by atoms with Crippen LogP contribution in [0.15, 0.2) is 127 Å². The smallest absolute Gasteiger partial charge is 0.0626 e. The fraction of sp³-hybridized carbons (Fsp3) is 0.0811. The summed E-state index contributed by atoms with van der Waals surface area (Å²) in [5.74, 6) is 0. The van der Waals surface area contributed by atoms with Crippen molar-refractivity contribution in [1.29, 1.82) is 0 Å². The molecule has 0 amide bonds. The highest BCUT2D eigenvalue weighted by Crippen LogP contribution is 2.52. The van der Waals surface area contributed by atoms with E-state index in [1.165, 1.54) is 71.6 Å². The lowest BCUT2D eigenvalue weighted by Gasteiger charge is -2.35. The first-order valence-corrected chi connectivity index (χ1v) is 13.4. The van der Waals surface area contributed by atoms with E-state index in [1.54, 1.807) is 0 Å². The van der Waals surface area contributed by atoms with Gasteiger partial charge in [-0.15, -0.1) is 0 Å². The first-order valence-electron chi connectivity index (χ1n) is 13.4. The van der Waals surface area contributed by atoms with Crippen LogP contribution >= 0.6 is 0 Å². The Bertz CT molecular complexity index is 2040. The van der Waals surface area contributed by atoms with Gasteiger partial charge in [-0.2, -0.15) is 0 Å². The molecule has 0 saturated carbocycles. The first kappa shape index (κ1) is 21.5. The topological polar surface area (TPSA) is 4.93 Å². The molecule has 1 aliphatic carbocycles. The molecule has 6 aromatic carbocycles. The molecule has 0 saturated heterocycles. The van der Waals surface area contributed by atoms with Gasteiger partial charge in [0.2, 0.25) is 0 Å². The van der Waals surface area contributed by atoms with E-state index >= 15 is 0 Å². The van der Waals surface area contributed by atoms with Gasteiger partial charge < -0.3 is 4.57 Å². The second-order valence-electron chi connectivity index (χ2n) is 11.0. The third kappa shape index (κ3) is 2.76. The maximum absolute atomic E-state index is 2.52. The zero-order valence-electron chi connectivity index (χ0n) is 21.6. The molecule has 0 bridgehead atoms. The molecule has 0 atom stereocenters. The van der Waals surface area contributed by atoms with E-state index in [0.29, 0.717) is 0 Å². The molecule has 8 rings (SSSR count). The number of aromatic nitrogens is 1. The predicted octanol–water partition coefficient (Wildman–Crippen LogP) is 9.91. The number of fused-ring (bicyclic) bond motifs is 6. The monoisotopic (exact) mass is 485 g/mol. The third-order valence-corrected chi connectivity index (χ3v) is 8.57. The van der Waals surface area contributed by atoms with Crippen LogP contribution in [0.25, 0.3) is 60.5 Å². The molecule has 0 unspecified atom stereocenters. The highest BCUT2D eigenvalue weighted by atomic mass is 15.0. The van der Waals surface area contributed by atoms with Crippen molar-refractivity contribution in [3.8, 4) is 27.9 Å². The normalized spacial score (nSPS) is 13.7. The van der Waals surface area contributed by atoms with Gasteiger partial charge >= 0.3 is 0 Å². The molecule has 1 nitrogen and oxygen atoms in total. The molecule has 180 valence electrons. The van der Waals surface area contributed by atoms with Crippen LogP contribution in [-0.4, -0.2) is 4.57 Å². The second-order valence-corrected chi connectivity index (χ2v) is 11.0. The van der Waals surface area contributed by atoms with E-state index in [0.717, 1.165) is 0 Å². The summed E-state index contributed by atoms with van der Waals surface area (Å²) in [6, 6.07) is 46.8. The summed E-state index contributed by atoms with van der Waals surface area (Å²) in [5, 5.41) is 5.28. The van der Waals surface area contributed by atoms with E-state index in [9.17, 15) is 0 Å². The molecule has 38 heavy (non-hydrogen) atoms. The Morgan fingerprint density at radius 1 is 0.553 bits per heavy atom. The number of benzene rings is 6. The lowest BCUT2D eigenvalue weighted by atomic mass is 9.68. The molecule has 0 radical (unpaired) electrons. The Morgan fingerprint density at radius 3 is 2.11 bits per heavy atom. The van der Waals surface area contributed by atoms with Gasteiger partial charge in [-0.25, -0.2) is 0 Å². The fourth-order valence-electron chi connectivity index (χ4n) is 6.86. The zero-order chi connectivity index (χ0) is 25.4. The van der Waals surface area contributed by atoms with E-state index in [2.05, 4.69) is 146 Å². The third-order valence-electron chi connectivity index (χ3n) is 8.57. The van der Waals surface area contributed by atoms with Crippen molar-refractivity contribution in [1.82, 2.24) is 4.57 Å². The minimum atomic E-state index is -0.0738. The van der Waals surface area contributed by atoms with Gasteiger partial charge in [0.05, 0.1) is 16.7 Å². The van der Waals surface area contributed by atoms with E-state index in [-0.39, 0.29) is 5.41 Å². The van der Waals surface area contributed by atoms with Crippen molar-refractivity contribution < 1.29 is 0 Å². The van der Waals surface area contributed by atoms with Crippen molar-refractivity contribution in [2.45, 2.75) is 19.3 Å². The van der Waals surface area contributed by atoms with Gasteiger partial charge in [-0.3, -0.25) is 0 Å². The average molecular weight is 486 g/mol. The van der Waals surface area contributed by atoms with Gasteiger partial charge in [0.25, 0.3) is 0 Å². The Morgan fingerprint density at radius 2 is 1.24 bits per heavy atom. The summed E-state index contributed by atoms with van der Waals surface area (Å²) in [6.07, 6.45) is 0. The number of rotatable bonds is 2. The molecule has 0 spiro atoms. The van der Waals surface area contributed by atoms with Crippen LogP contribution in [0.2, 0.25) is 0 Å². The lowest BCUT2D eigenvalue weighted by molar-refractivity contribution is 0.645. The van der Waals surface area contributed by atoms with E-state index in [4.69, 9.17) is 0 Å². The molecular weight excluding hydrogens is 458 g/mol. The summed E-state index contributed by atoms with van der Waals surface area (Å²) in [6.45, 7) is 4.74. The van der Waals surface area contributed by atoms with Gasteiger partial charge in [0.15, 0.2) is 0 Å². The highest BCUT2D eigenvalue weighted by molar-refractivity contribution is 6.23.